The van der Waals surface area contributed by atoms with Gasteiger partial charge in [0.05, 0.1) is 29.6 Å². The number of nitrogens with zero attached hydrogens (tertiary/aromatic N) is 6. The first-order chi connectivity index (χ1) is 20.4. The first kappa shape index (κ1) is 29.4. The Morgan fingerprint density at radius 2 is 1.81 bits per heavy atom. The van der Waals surface area contributed by atoms with Gasteiger partial charge in [-0.25, -0.2) is 4.98 Å². The van der Waals surface area contributed by atoms with Crippen molar-refractivity contribution in [2.75, 3.05) is 74.2 Å². The summed E-state index contributed by atoms with van der Waals surface area (Å²) in [6.45, 7) is 7.77. The number of halogens is 3. The Balaban J connectivity index is 1.31. The summed E-state index contributed by atoms with van der Waals surface area (Å²) in [7, 11) is 1.65. The number of ether oxygens (including phenoxy) is 1. The van der Waals surface area contributed by atoms with E-state index in [0.717, 1.165) is 29.9 Å². The van der Waals surface area contributed by atoms with Gasteiger partial charge in [-0.15, -0.1) is 0 Å². The highest BCUT2D eigenvalue weighted by Gasteiger charge is 2.49. The predicted octanol–water partition coefficient (Wildman–Crippen LogP) is 2.46. The number of rotatable bonds is 4. The number of carbonyl (C=O) groups excluding carboxylic acids is 3. The fraction of sp³-hybridized carbons (Fsp3) is 0.533. The third-order valence-corrected chi connectivity index (χ3v) is 8.99. The van der Waals surface area contributed by atoms with Crippen LogP contribution in [0.4, 0.5) is 30.4 Å². The van der Waals surface area contributed by atoms with Crippen LogP contribution in [0.2, 0.25) is 0 Å². The first-order valence-corrected chi connectivity index (χ1v) is 14.5. The standard InChI is InChI=1S/C30H35F3N6O4/c1-18-5-4-6-23-27(18)37(9-7-36-8-10-38-22(15-36)16-43-17-26(38)41)14-20-12-25(40)39(28(20)29(42)35(23)3)24-13-21(30(31,32)33)11-19(2)34-24/h4-6,11,13,20,22,28H,7-10,12,14-17H2,1-3H3/t20-,22-,28+/m1/s1. The number of aromatic nitrogens is 1. The summed E-state index contributed by atoms with van der Waals surface area (Å²) in [6.07, 6.45) is -4.61. The molecule has 3 fully saturated rings. The lowest BCUT2D eigenvalue weighted by molar-refractivity contribution is -0.152. The fourth-order valence-electron chi connectivity index (χ4n) is 6.93. The predicted molar refractivity (Wildman–Crippen MR) is 153 cm³/mol. The highest BCUT2D eigenvalue weighted by Crippen LogP contribution is 2.41. The minimum atomic E-state index is -4.62. The van der Waals surface area contributed by atoms with Crippen molar-refractivity contribution in [1.29, 1.82) is 0 Å². The number of likely N-dealkylation sites (N-methyl/N-ethyl adjacent to an activating group) is 1. The van der Waals surface area contributed by atoms with E-state index in [1.165, 1.54) is 16.7 Å². The number of hydrogen-bond acceptors (Lipinski definition) is 7. The average Bonchev–Trinajstić information content (AvgIpc) is 3.28. The van der Waals surface area contributed by atoms with Crippen molar-refractivity contribution in [3.05, 3.63) is 47.2 Å². The van der Waals surface area contributed by atoms with Gasteiger partial charge in [-0.1, -0.05) is 12.1 Å². The minimum Gasteiger partial charge on any atom is -0.369 e. The van der Waals surface area contributed by atoms with Crippen molar-refractivity contribution in [2.45, 2.75) is 38.5 Å². The second kappa shape index (κ2) is 11.1. The van der Waals surface area contributed by atoms with E-state index in [-0.39, 0.29) is 42.4 Å². The van der Waals surface area contributed by atoms with Crippen LogP contribution in [0.3, 0.4) is 0 Å². The molecule has 1 aromatic carbocycles. The monoisotopic (exact) mass is 600 g/mol. The number of pyridine rings is 1. The zero-order valence-corrected chi connectivity index (χ0v) is 24.4. The van der Waals surface area contributed by atoms with Gasteiger partial charge in [0.15, 0.2) is 0 Å². The van der Waals surface area contributed by atoms with Crippen molar-refractivity contribution < 1.29 is 32.3 Å². The number of hydrogen-bond donors (Lipinski definition) is 0. The van der Waals surface area contributed by atoms with Crippen LogP contribution in [-0.2, 0) is 25.3 Å². The van der Waals surface area contributed by atoms with Gasteiger partial charge < -0.3 is 19.4 Å². The molecule has 230 valence electrons. The van der Waals surface area contributed by atoms with Crippen molar-refractivity contribution in [2.24, 2.45) is 5.92 Å². The summed E-state index contributed by atoms with van der Waals surface area (Å²) in [6, 6.07) is 6.49. The Bertz CT molecular complexity index is 1450. The van der Waals surface area contributed by atoms with E-state index in [1.807, 2.05) is 30.0 Å². The smallest absolute Gasteiger partial charge is 0.369 e. The van der Waals surface area contributed by atoms with Gasteiger partial charge >= 0.3 is 6.18 Å². The molecule has 2 aromatic rings. The van der Waals surface area contributed by atoms with E-state index in [0.29, 0.717) is 45.0 Å². The molecule has 6 rings (SSSR count). The molecule has 4 aliphatic rings. The topological polar surface area (TPSA) is 89.5 Å². The van der Waals surface area contributed by atoms with E-state index in [9.17, 15) is 27.6 Å². The molecule has 43 heavy (non-hydrogen) atoms. The number of morpholine rings is 1. The van der Waals surface area contributed by atoms with E-state index in [2.05, 4.69) is 14.8 Å². The number of amides is 3. The second-order valence-electron chi connectivity index (χ2n) is 11.9. The molecule has 10 nitrogen and oxygen atoms in total. The largest absolute Gasteiger partial charge is 0.416 e. The van der Waals surface area contributed by atoms with Crippen LogP contribution in [0.25, 0.3) is 0 Å². The summed E-state index contributed by atoms with van der Waals surface area (Å²) >= 11 is 0. The molecular formula is C30H35F3N6O4. The molecule has 1 aromatic heterocycles. The minimum absolute atomic E-state index is 0.00826. The van der Waals surface area contributed by atoms with Crippen LogP contribution in [0, 0.1) is 19.8 Å². The summed E-state index contributed by atoms with van der Waals surface area (Å²) in [5.74, 6) is -1.40. The molecule has 3 amide bonds. The highest BCUT2D eigenvalue weighted by atomic mass is 19.4. The van der Waals surface area contributed by atoms with Gasteiger partial charge in [0.25, 0.3) is 0 Å². The normalized spacial score (nSPS) is 25.0. The molecule has 0 spiro atoms. The molecule has 0 bridgehead atoms. The molecule has 3 atom stereocenters. The Kier molecular flexibility index (Phi) is 7.57. The van der Waals surface area contributed by atoms with Crippen molar-refractivity contribution in [3.8, 4) is 0 Å². The number of carbonyl (C=O) groups is 3. The third-order valence-electron chi connectivity index (χ3n) is 8.99. The summed E-state index contributed by atoms with van der Waals surface area (Å²) < 4.78 is 46.5. The first-order valence-electron chi connectivity index (χ1n) is 14.5. The molecule has 3 saturated heterocycles. The maximum atomic E-state index is 14.0. The lowest BCUT2D eigenvalue weighted by atomic mass is 9.95. The van der Waals surface area contributed by atoms with Crippen LogP contribution >= 0.6 is 0 Å². The molecular weight excluding hydrogens is 565 g/mol. The van der Waals surface area contributed by atoms with Crippen molar-refractivity contribution >= 4 is 34.9 Å². The SMILES string of the molecule is Cc1cc(C(F)(F)F)cc(N2C(=O)C[C@@H]3CN(CCN4CCN5C(=O)COC[C@H]5C4)c4c(C)cccc4N(C)C(=O)[C@H]32)n1. The molecule has 0 aliphatic carbocycles. The van der Waals surface area contributed by atoms with Crippen molar-refractivity contribution in [3.63, 3.8) is 0 Å². The number of benzene rings is 1. The molecule has 5 heterocycles. The maximum absolute atomic E-state index is 14.0. The van der Waals surface area contributed by atoms with Crippen LogP contribution in [0.1, 0.15) is 23.2 Å². The highest BCUT2D eigenvalue weighted by molar-refractivity contribution is 6.10. The van der Waals surface area contributed by atoms with Gasteiger partial charge in [0.2, 0.25) is 17.7 Å². The molecule has 0 radical (unpaired) electrons. The quantitative estimate of drug-likeness (QED) is 0.533. The molecule has 4 aliphatic heterocycles. The summed E-state index contributed by atoms with van der Waals surface area (Å²) in [4.78, 5) is 53.1. The van der Waals surface area contributed by atoms with E-state index < -0.39 is 29.6 Å². The number of alkyl halides is 3. The van der Waals surface area contributed by atoms with Gasteiger partial charge in [-0.2, -0.15) is 13.2 Å². The number of para-hydroxylation sites is 1. The Morgan fingerprint density at radius 3 is 2.58 bits per heavy atom. The number of anilines is 3. The van der Waals surface area contributed by atoms with Crippen LogP contribution in [0.5, 0.6) is 0 Å². The lowest BCUT2D eigenvalue weighted by Crippen LogP contribution is -2.61. The number of fused-ring (bicyclic) bond motifs is 3. The van der Waals surface area contributed by atoms with Gasteiger partial charge in [-0.3, -0.25) is 24.2 Å². The Labute approximate surface area is 248 Å². The molecule has 0 saturated carbocycles. The van der Waals surface area contributed by atoms with Crippen LogP contribution < -0.4 is 14.7 Å². The van der Waals surface area contributed by atoms with Crippen LogP contribution in [0.15, 0.2) is 30.3 Å². The summed E-state index contributed by atoms with van der Waals surface area (Å²) in [5, 5.41) is 0. The van der Waals surface area contributed by atoms with E-state index in [4.69, 9.17) is 4.74 Å². The van der Waals surface area contributed by atoms with Gasteiger partial charge in [0, 0.05) is 64.3 Å². The Hall–Kier alpha value is -3.71. The maximum Gasteiger partial charge on any atom is 0.416 e. The molecule has 13 heteroatoms. The van der Waals surface area contributed by atoms with Crippen molar-refractivity contribution in [1.82, 2.24) is 14.8 Å². The average molecular weight is 601 g/mol. The Morgan fingerprint density at radius 1 is 1.02 bits per heavy atom. The number of aryl methyl sites for hydroxylation is 2. The third kappa shape index (κ3) is 5.44. The zero-order chi connectivity index (χ0) is 30.6. The molecule has 0 unspecified atom stereocenters. The van der Waals surface area contributed by atoms with Crippen LogP contribution in [-0.4, -0.2) is 104 Å². The van der Waals surface area contributed by atoms with E-state index >= 15 is 0 Å². The lowest BCUT2D eigenvalue weighted by Gasteiger charge is -2.44. The second-order valence-corrected chi connectivity index (χ2v) is 11.9. The summed E-state index contributed by atoms with van der Waals surface area (Å²) in [5.41, 5.74) is 1.74. The molecule has 0 N–H and O–H groups in total. The van der Waals surface area contributed by atoms with Gasteiger partial charge in [0.1, 0.15) is 18.5 Å². The number of piperazine rings is 1. The zero-order valence-electron chi connectivity index (χ0n) is 24.4. The van der Waals surface area contributed by atoms with Gasteiger partial charge in [-0.05, 0) is 37.6 Å². The van der Waals surface area contributed by atoms with E-state index in [1.54, 1.807) is 7.05 Å². The fourth-order valence-corrected chi connectivity index (χ4v) is 6.93.